The minimum Gasteiger partial charge on any atom is -0.464 e. The Kier molecular flexibility index (Phi) is 9.67. The maximum absolute atomic E-state index is 12.9. The van der Waals surface area contributed by atoms with E-state index in [1.807, 2.05) is 55.5 Å². The number of unbranched alkanes of at least 4 members (excludes halogenated alkanes) is 1. The molecule has 0 aromatic heterocycles. The van der Waals surface area contributed by atoms with Crippen LogP contribution in [0.2, 0.25) is 0 Å². The fraction of sp³-hybridized carbons (Fsp3) is 0.296. The second-order valence-electron chi connectivity index (χ2n) is 7.82. The Bertz CT molecular complexity index is 1110. The number of carbonyl (C=O) groups excluding carboxylic acids is 1. The molecule has 0 saturated carbocycles. The Morgan fingerprint density at radius 2 is 1.44 bits per heavy atom. The van der Waals surface area contributed by atoms with Crippen LogP contribution in [0.1, 0.15) is 38.2 Å². The van der Waals surface area contributed by atoms with E-state index in [2.05, 4.69) is 0 Å². The highest BCUT2D eigenvalue weighted by Crippen LogP contribution is 2.24. The first-order chi connectivity index (χ1) is 16.5. The van der Waals surface area contributed by atoms with E-state index < -0.39 is 22.2 Å². The molecular weight excluding hydrogens is 452 g/mol. The van der Waals surface area contributed by atoms with Crippen molar-refractivity contribution in [2.75, 3.05) is 6.61 Å². The molecule has 0 spiro atoms. The molecule has 0 saturated heterocycles. The molecule has 1 atom stereocenters. The third kappa shape index (κ3) is 8.01. The van der Waals surface area contributed by atoms with Crippen LogP contribution in [0.5, 0.6) is 11.5 Å². The molecular formula is C27H30O6S. The van der Waals surface area contributed by atoms with E-state index >= 15 is 0 Å². The van der Waals surface area contributed by atoms with Gasteiger partial charge in [-0.2, -0.15) is 8.42 Å². The van der Waals surface area contributed by atoms with Gasteiger partial charge in [-0.25, -0.2) is 4.79 Å². The molecule has 0 heterocycles. The minimum atomic E-state index is -4.18. The van der Waals surface area contributed by atoms with Crippen LogP contribution in [0.3, 0.4) is 0 Å². The fourth-order valence-electron chi connectivity index (χ4n) is 3.26. The van der Waals surface area contributed by atoms with E-state index in [1.54, 1.807) is 24.3 Å². The Hall–Kier alpha value is -3.16. The SMILES string of the molecule is CCCCOC(=O)[C@@H](CCCc1ccccc1)OS(=O)(=O)c1ccc(Oc2ccccc2)cc1. The maximum atomic E-state index is 12.9. The number of para-hydroxylation sites is 1. The predicted molar refractivity (Wildman–Crippen MR) is 130 cm³/mol. The van der Waals surface area contributed by atoms with Gasteiger partial charge in [0.05, 0.1) is 11.5 Å². The molecule has 0 fully saturated rings. The van der Waals surface area contributed by atoms with Crippen LogP contribution in [0.4, 0.5) is 0 Å². The zero-order valence-corrected chi connectivity index (χ0v) is 20.1. The fourth-order valence-corrected chi connectivity index (χ4v) is 4.32. The molecule has 0 radical (unpaired) electrons. The summed E-state index contributed by atoms with van der Waals surface area (Å²) in [6, 6.07) is 24.9. The van der Waals surface area contributed by atoms with Gasteiger partial charge in [0.1, 0.15) is 11.5 Å². The number of rotatable bonds is 13. The van der Waals surface area contributed by atoms with Crippen molar-refractivity contribution in [3.05, 3.63) is 90.5 Å². The molecule has 0 unspecified atom stereocenters. The van der Waals surface area contributed by atoms with E-state index in [0.29, 0.717) is 30.8 Å². The summed E-state index contributed by atoms with van der Waals surface area (Å²) >= 11 is 0. The van der Waals surface area contributed by atoms with Gasteiger partial charge >= 0.3 is 5.97 Å². The summed E-state index contributed by atoms with van der Waals surface area (Å²) in [5.41, 5.74) is 1.11. The van der Waals surface area contributed by atoms with Crippen LogP contribution in [-0.4, -0.2) is 27.1 Å². The van der Waals surface area contributed by atoms with Gasteiger partial charge in [0.2, 0.25) is 0 Å². The Labute approximate surface area is 201 Å². The van der Waals surface area contributed by atoms with E-state index in [9.17, 15) is 13.2 Å². The molecule has 0 amide bonds. The van der Waals surface area contributed by atoms with Gasteiger partial charge < -0.3 is 9.47 Å². The van der Waals surface area contributed by atoms with Gasteiger partial charge in [0.15, 0.2) is 6.10 Å². The number of hydrogen-bond acceptors (Lipinski definition) is 6. The van der Waals surface area contributed by atoms with Crippen LogP contribution in [0.25, 0.3) is 0 Å². The zero-order chi connectivity index (χ0) is 24.2. The normalized spacial score (nSPS) is 12.1. The standard InChI is InChI=1S/C27H30O6S/c1-2-3-21-31-27(28)26(16-10-13-22-11-6-4-7-12-22)33-34(29,30)25-19-17-24(18-20-25)32-23-14-8-5-9-15-23/h4-9,11-12,14-15,17-20,26H,2-3,10,13,16,21H2,1H3/t26-/m1/s1. The van der Waals surface area contributed by atoms with Gasteiger partial charge in [-0.3, -0.25) is 4.18 Å². The van der Waals surface area contributed by atoms with Crippen LogP contribution >= 0.6 is 0 Å². The maximum Gasteiger partial charge on any atom is 0.336 e. The topological polar surface area (TPSA) is 78.9 Å². The van der Waals surface area contributed by atoms with Crippen molar-refractivity contribution >= 4 is 16.1 Å². The Morgan fingerprint density at radius 3 is 2.09 bits per heavy atom. The molecule has 34 heavy (non-hydrogen) atoms. The van der Waals surface area contributed by atoms with Crippen LogP contribution in [0.15, 0.2) is 89.8 Å². The Morgan fingerprint density at radius 1 is 0.824 bits per heavy atom. The number of ether oxygens (including phenoxy) is 2. The lowest BCUT2D eigenvalue weighted by molar-refractivity contribution is -0.152. The highest BCUT2D eigenvalue weighted by Gasteiger charge is 2.28. The highest BCUT2D eigenvalue weighted by atomic mass is 32.2. The molecule has 7 heteroatoms. The molecule has 3 aromatic rings. The largest absolute Gasteiger partial charge is 0.464 e. The van der Waals surface area contributed by atoms with E-state index in [4.69, 9.17) is 13.7 Å². The van der Waals surface area contributed by atoms with Crippen LogP contribution in [0, 0.1) is 0 Å². The van der Waals surface area contributed by atoms with Crippen molar-refractivity contribution in [3.8, 4) is 11.5 Å². The molecule has 3 aromatic carbocycles. The van der Waals surface area contributed by atoms with Gasteiger partial charge in [0.25, 0.3) is 10.1 Å². The summed E-state index contributed by atoms with van der Waals surface area (Å²) in [4.78, 5) is 12.5. The van der Waals surface area contributed by atoms with E-state index in [-0.39, 0.29) is 17.9 Å². The monoisotopic (exact) mass is 482 g/mol. The molecule has 180 valence electrons. The highest BCUT2D eigenvalue weighted by molar-refractivity contribution is 7.86. The van der Waals surface area contributed by atoms with Crippen LogP contribution in [-0.2, 0) is 30.3 Å². The summed E-state index contributed by atoms with van der Waals surface area (Å²) in [6.45, 7) is 2.22. The number of carbonyl (C=O) groups is 1. The van der Waals surface area contributed by atoms with Crippen molar-refractivity contribution in [2.45, 2.75) is 50.0 Å². The average molecular weight is 483 g/mol. The minimum absolute atomic E-state index is 0.0534. The van der Waals surface area contributed by atoms with Crippen molar-refractivity contribution in [1.82, 2.24) is 0 Å². The first kappa shape index (κ1) is 25.5. The number of hydrogen-bond donors (Lipinski definition) is 0. The molecule has 0 aliphatic carbocycles. The third-order valence-electron chi connectivity index (χ3n) is 5.11. The lowest BCUT2D eigenvalue weighted by Crippen LogP contribution is -2.30. The number of esters is 1. The number of aryl methyl sites for hydroxylation is 1. The van der Waals surface area contributed by atoms with E-state index in [1.165, 1.54) is 12.1 Å². The molecule has 3 rings (SSSR count). The number of benzene rings is 3. The summed E-state index contributed by atoms with van der Waals surface area (Å²) < 4.78 is 42.2. The second-order valence-corrected chi connectivity index (χ2v) is 9.40. The molecule has 0 bridgehead atoms. The van der Waals surface area contributed by atoms with Crippen molar-refractivity contribution in [1.29, 1.82) is 0 Å². The van der Waals surface area contributed by atoms with Gasteiger partial charge in [-0.1, -0.05) is 61.9 Å². The summed E-state index contributed by atoms with van der Waals surface area (Å²) in [5, 5.41) is 0. The van der Waals surface area contributed by atoms with Crippen molar-refractivity contribution < 1.29 is 26.9 Å². The molecule has 0 aliphatic rings. The van der Waals surface area contributed by atoms with E-state index in [0.717, 1.165) is 12.0 Å². The van der Waals surface area contributed by atoms with Gasteiger partial charge in [0, 0.05) is 0 Å². The van der Waals surface area contributed by atoms with Crippen LogP contribution < -0.4 is 4.74 Å². The lowest BCUT2D eigenvalue weighted by Gasteiger charge is -2.17. The van der Waals surface area contributed by atoms with Gasteiger partial charge in [-0.15, -0.1) is 0 Å². The van der Waals surface area contributed by atoms with Gasteiger partial charge in [-0.05, 0) is 67.6 Å². The smallest absolute Gasteiger partial charge is 0.336 e. The Balaban J connectivity index is 1.66. The summed E-state index contributed by atoms with van der Waals surface area (Å²) in [6.07, 6.45) is 1.88. The zero-order valence-electron chi connectivity index (χ0n) is 19.3. The first-order valence-electron chi connectivity index (χ1n) is 11.4. The quantitative estimate of drug-likeness (QED) is 0.171. The van der Waals surface area contributed by atoms with Crippen molar-refractivity contribution in [3.63, 3.8) is 0 Å². The predicted octanol–water partition coefficient (Wildman–Crippen LogP) is 5.92. The molecule has 0 N–H and O–H groups in total. The van der Waals surface area contributed by atoms with Crippen molar-refractivity contribution in [2.24, 2.45) is 0 Å². The third-order valence-corrected chi connectivity index (χ3v) is 6.45. The summed E-state index contributed by atoms with van der Waals surface area (Å²) in [7, 11) is -4.18. The second kappa shape index (κ2) is 12.9. The molecule has 0 aliphatic heterocycles. The average Bonchev–Trinajstić information content (AvgIpc) is 2.85. The lowest BCUT2D eigenvalue weighted by atomic mass is 10.1. The summed E-state index contributed by atoms with van der Waals surface area (Å²) in [5.74, 6) is 0.473. The first-order valence-corrected chi connectivity index (χ1v) is 12.9. The molecule has 6 nitrogen and oxygen atoms in total.